The molecule has 0 unspecified atom stereocenters. The van der Waals surface area contributed by atoms with Crippen LogP contribution in [0.1, 0.15) is 0 Å². The Bertz CT molecular complexity index is 3500. The maximum Gasteiger partial charge on any atom is 0.165 e. The number of benzene rings is 9. The standard InChI is InChI=1S/C57H35N3S2/c1-4-17-36(18-5-1)39-23-14-24-40(33-39)52-48(38-21-8-3-9-22-38)34-41(37-19-6-2-7-20-37)35-49(52)57-59-55(46-29-15-27-44-42-25-10-12-31-50(42)61-53(44)46)58-56(60-57)47-30-16-28-45-43-26-11-13-32-51(43)62-54(45)47/h1-35H. The predicted molar refractivity (Wildman–Crippen MR) is 264 cm³/mol. The van der Waals surface area contributed by atoms with Gasteiger partial charge in [0.25, 0.3) is 0 Å². The minimum Gasteiger partial charge on any atom is -0.208 e. The van der Waals surface area contributed by atoms with Gasteiger partial charge in [0, 0.05) is 62.6 Å². The van der Waals surface area contributed by atoms with Gasteiger partial charge in [0.15, 0.2) is 17.5 Å². The van der Waals surface area contributed by atoms with E-state index in [0.717, 1.165) is 70.6 Å². The molecule has 3 aromatic heterocycles. The fraction of sp³-hybridized carbons (Fsp3) is 0. The second-order valence-corrected chi connectivity index (χ2v) is 17.6. The van der Waals surface area contributed by atoms with E-state index >= 15 is 0 Å². The summed E-state index contributed by atoms with van der Waals surface area (Å²) < 4.78 is 4.80. The van der Waals surface area contributed by atoms with E-state index in [1.165, 1.54) is 30.9 Å². The number of hydrogen-bond donors (Lipinski definition) is 0. The Morgan fingerprint density at radius 3 is 1.23 bits per heavy atom. The Labute approximate surface area is 366 Å². The molecule has 0 radical (unpaired) electrons. The monoisotopic (exact) mass is 825 g/mol. The van der Waals surface area contributed by atoms with E-state index in [9.17, 15) is 0 Å². The number of nitrogens with zero attached hydrogens (tertiary/aromatic N) is 3. The normalized spacial score (nSPS) is 11.5. The van der Waals surface area contributed by atoms with Crippen LogP contribution in [0.2, 0.25) is 0 Å². The molecule has 5 heteroatoms. The van der Waals surface area contributed by atoms with E-state index in [4.69, 9.17) is 15.0 Å². The zero-order valence-electron chi connectivity index (χ0n) is 33.4. The molecule has 0 amide bonds. The highest BCUT2D eigenvalue weighted by Crippen LogP contribution is 2.46. The summed E-state index contributed by atoms with van der Waals surface area (Å²) in [5.41, 5.74) is 11.8. The van der Waals surface area contributed by atoms with Crippen molar-refractivity contribution < 1.29 is 0 Å². The Balaban J connectivity index is 1.20. The third-order valence-electron chi connectivity index (χ3n) is 11.8. The Hall–Kier alpha value is -7.57. The third kappa shape index (κ3) is 6.29. The molecule has 12 rings (SSSR count). The second kappa shape index (κ2) is 15.2. The van der Waals surface area contributed by atoms with E-state index in [1.807, 2.05) is 0 Å². The zero-order chi connectivity index (χ0) is 41.0. The molecule has 290 valence electrons. The molecule has 0 fully saturated rings. The first kappa shape index (κ1) is 36.3. The molecule has 0 aliphatic heterocycles. The highest BCUT2D eigenvalue weighted by atomic mass is 32.1. The summed E-state index contributed by atoms with van der Waals surface area (Å²) in [6.45, 7) is 0. The molecule has 3 nitrogen and oxygen atoms in total. The van der Waals surface area contributed by atoms with Crippen LogP contribution in [0.5, 0.6) is 0 Å². The van der Waals surface area contributed by atoms with Gasteiger partial charge in [0.2, 0.25) is 0 Å². The largest absolute Gasteiger partial charge is 0.208 e. The highest BCUT2D eigenvalue weighted by Gasteiger charge is 2.23. The number of rotatable bonds is 7. The van der Waals surface area contributed by atoms with Crippen molar-refractivity contribution in [3.63, 3.8) is 0 Å². The molecule has 9 aromatic carbocycles. The molecule has 12 aromatic rings. The van der Waals surface area contributed by atoms with Gasteiger partial charge < -0.3 is 0 Å². The SMILES string of the molecule is c1ccc(-c2cccc(-c3c(-c4ccccc4)cc(-c4ccccc4)cc3-c3nc(-c4cccc5c4sc4ccccc45)nc(-c4cccc5c4sc4ccccc45)n3)c2)cc1. The number of thiophene rings is 2. The lowest BCUT2D eigenvalue weighted by molar-refractivity contribution is 1.08. The summed E-state index contributed by atoms with van der Waals surface area (Å²) in [6.07, 6.45) is 0. The molecule has 0 saturated heterocycles. The molecule has 0 saturated carbocycles. The molecule has 0 atom stereocenters. The van der Waals surface area contributed by atoms with Gasteiger partial charge >= 0.3 is 0 Å². The van der Waals surface area contributed by atoms with E-state index < -0.39 is 0 Å². The van der Waals surface area contributed by atoms with E-state index in [2.05, 4.69) is 212 Å². The average Bonchev–Trinajstić information content (AvgIpc) is 3.93. The van der Waals surface area contributed by atoms with Crippen molar-refractivity contribution in [2.75, 3.05) is 0 Å². The maximum atomic E-state index is 5.57. The molecule has 62 heavy (non-hydrogen) atoms. The van der Waals surface area contributed by atoms with Crippen molar-refractivity contribution in [2.24, 2.45) is 0 Å². The van der Waals surface area contributed by atoms with Crippen LogP contribution in [0, 0.1) is 0 Å². The topological polar surface area (TPSA) is 38.7 Å². The van der Waals surface area contributed by atoms with Crippen molar-refractivity contribution in [1.29, 1.82) is 0 Å². The van der Waals surface area contributed by atoms with E-state index in [-0.39, 0.29) is 0 Å². The lowest BCUT2D eigenvalue weighted by Gasteiger charge is -2.19. The van der Waals surface area contributed by atoms with Crippen molar-refractivity contribution in [3.8, 4) is 78.7 Å². The maximum absolute atomic E-state index is 5.57. The van der Waals surface area contributed by atoms with Crippen LogP contribution >= 0.6 is 22.7 Å². The van der Waals surface area contributed by atoms with Gasteiger partial charge in [-0.1, -0.05) is 170 Å². The molecule has 0 aliphatic rings. The molecule has 0 spiro atoms. The Morgan fingerprint density at radius 2 is 0.661 bits per heavy atom. The lowest BCUT2D eigenvalue weighted by atomic mass is 9.86. The van der Waals surface area contributed by atoms with Crippen LogP contribution in [0.4, 0.5) is 0 Å². The van der Waals surface area contributed by atoms with Crippen molar-refractivity contribution in [3.05, 3.63) is 212 Å². The fourth-order valence-electron chi connectivity index (χ4n) is 8.84. The van der Waals surface area contributed by atoms with Crippen LogP contribution in [-0.2, 0) is 0 Å². The number of fused-ring (bicyclic) bond motifs is 6. The summed E-state index contributed by atoms with van der Waals surface area (Å²) in [7, 11) is 0. The van der Waals surface area contributed by atoms with Crippen LogP contribution in [-0.4, -0.2) is 15.0 Å². The van der Waals surface area contributed by atoms with Gasteiger partial charge in [0.1, 0.15) is 0 Å². The zero-order valence-corrected chi connectivity index (χ0v) is 35.0. The smallest absolute Gasteiger partial charge is 0.165 e. The Morgan fingerprint density at radius 1 is 0.258 bits per heavy atom. The average molecular weight is 826 g/mol. The number of hydrogen-bond acceptors (Lipinski definition) is 5. The fourth-order valence-corrected chi connectivity index (χ4v) is 11.3. The first-order valence-corrected chi connectivity index (χ1v) is 22.4. The van der Waals surface area contributed by atoms with Crippen LogP contribution in [0.25, 0.3) is 119 Å². The van der Waals surface area contributed by atoms with Crippen LogP contribution in [0.15, 0.2) is 212 Å². The lowest BCUT2D eigenvalue weighted by Crippen LogP contribution is -2.02. The highest BCUT2D eigenvalue weighted by molar-refractivity contribution is 7.26. The summed E-state index contributed by atoms with van der Waals surface area (Å²) in [6, 6.07) is 75.8. The molecule has 0 N–H and O–H groups in total. The summed E-state index contributed by atoms with van der Waals surface area (Å²) in [5, 5.41) is 4.88. The van der Waals surface area contributed by atoms with Crippen LogP contribution < -0.4 is 0 Å². The summed E-state index contributed by atoms with van der Waals surface area (Å²) in [4.78, 5) is 16.6. The second-order valence-electron chi connectivity index (χ2n) is 15.5. The van der Waals surface area contributed by atoms with Crippen molar-refractivity contribution >= 4 is 63.0 Å². The third-order valence-corrected chi connectivity index (χ3v) is 14.2. The minimum absolute atomic E-state index is 0.622. The van der Waals surface area contributed by atoms with Gasteiger partial charge in [-0.25, -0.2) is 15.0 Å². The van der Waals surface area contributed by atoms with Gasteiger partial charge in [-0.15, -0.1) is 22.7 Å². The number of aromatic nitrogens is 3. The predicted octanol–water partition coefficient (Wildman–Crippen LogP) is 16.3. The summed E-state index contributed by atoms with van der Waals surface area (Å²) in [5.74, 6) is 1.92. The first-order chi connectivity index (χ1) is 30.7. The van der Waals surface area contributed by atoms with Gasteiger partial charge in [0.05, 0.1) is 0 Å². The quantitative estimate of drug-likeness (QED) is 0.161. The molecule has 0 aliphatic carbocycles. The molecule has 3 heterocycles. The van der Waals surface area contributed by atoms with Crippen molar-refractivity contribution in [1.82, 2.24) is 15.0 Å². The molecule has 0 bridgehead atoms. The summed E-state index contributed by atoms with van der Waals surface area (Å²) >= 11 is 3.59. The Kier molecular flexibility index (Phi) is 8.87. The molecular formula is C57H35N3S2. The van der Waals surface area contributed by atoms with Crippen molar-refractivity contribution in [2.45, 2.75) is 0 Å². The molecular weight excluding hydrogens is 791 g/mol. The van der Waals surface area contributed by atoms with Gasteiger partial charge in [-0.05, 0) is 81.4 Å². The first-order valence-electron chi connectivity index (χ1n) is 20.8. The van der Waals surface area contributed by atoms with E-state index in [1.54, 1.807) is 22.7 Å². The van der Waals surface area contributed by atoms with Crippen LogP contribution in [0.3, 0.4) is 0 Å². The van der Waals surface area contributed by atoms with E-state index in [0.29, 0.717) is 17.5 Å². The van der Waals surface area contributed by atoms with Gasteiger partial charge in [-0.2, -0.15) is 0 Å². The minimum atomic E-state index is 0.622. The van der Waals surface area contributed by atoms with Gasteiger partial charge in [-0.3, -0.25) is 0 Å².